The molecule has 0 radical (unpaired) electrons. The van der Waals surface area contributed by atoms with Crippen LogP contribution in [0.25, 0.3) is 0 Å². The largest absolute Gasteiger partial charge is 0.488 e. The molecular weight excluding hydrogens is 446 g/mol. The number of likely N-dealkylation sites (tertiary alicyclic amines) is 1. The fourth-order valence-electron chi connectivity index (χ4n) is 5.11. The molecule has 0 aromatic heterocycles. The number of amides is 2. The van der Waals surface area contributed by atoms with Gasteiger partial charge in [-0.2, -0.15) is 0 Å². The number of benzene rings is 2. The Kier molecular flexibility index (Phi) is 6.67. The van der Waals surface area contributed by atoms with Gasteiger partial charge >= 0.3 is 0 Å². The Bertz CT molecular complexity index is 1100. The van der Waals surface area contributed by atoms with Gasteiger partial charge in [0, 0.05) is 39.2 Å². The summed E-state index contributed by atoms with van der Waals surface area (Å²) in [5, 5.41) is 10.9. The first-order valence-corrected chi connectivity index (χ1v) is 12.3. The number of fused-ring (bicyclic) bond motifs is 2. The first kappa shape index (κ1) is 23.6. The van der Waals surface area contributed by atoms with Gasteiger partial charge < -0.3 is 24.4 Å². The lowest BCUT2D eigenvalue weighted by Crippen LogP contribution is -2.55. The first-order chi connectivity index (χ1) is 16.9. The van der Waals surface area contributed by atoms with Crippen molar-refractivity contribution in [3.8, 4) is 11.5 Å². The predicted octanol–water partition coefficient (Wildman–Crippen LogP) is 1.94. The van der Waals surface area contributed by atoms with E-state index in [1.54, 1.807) is 34.9 Å². The minimum atomic E-state index is -0.650. The number of β-amino-alcohol motifs (C(OH)–C–C–N with tert-alkyl or cyclic N) is 1. The maximum atomic E-state index is 13.3. The molecule has 8 nitrogen and oxygen atoms in total. The Hall–Kier alpha value is -3.10. The fraction of sp³-hybridized carbons (Fsp3) is 0.481. The fourth-order valence-corrected chi connectivity index (χ4v) is 5.11. The minimum Gasteiger partial charge on any atom is -0.488 e. The molecule has 2 amide bonds. The Balaban J connectivity index is 1.21. The van der Waals surface area contributed by atoms with E-state index in [2.05, 4.69) is 29.2 Å². The van der Waals surface area contributed by atoms with E-state index in [4.69, 9.17) is 9.47 Å². The van der Waals surface area contributed by atoms with E-state index in [0.717, 1.165) is 19.5 Å². The Labute approximate surface area is 206 Å². The minimum absolute atomic E-state index is 0.0434. The number of hydrogen-bond donors (Lipinski definition) is 1. The summed E-state index contributed by atoms with van der Waals surface area (Å²) < 4.78 is 12.0. The van der Waals surface area contributed by atoms with Crippen LogP contribution in [0.1, 0.15) is 35.3 Å². The van der Waals surface area contributed by atoms with Gasteiger partial charge in [-0.15, -0.1) is 0 Å². The third-order valence-corrected chi connectivity index (χ3v) is 6.98. The quantitative estimate of drug-likeness (QED) is 0.682. The van der Waals surface area contributed by atoms with Crippen molar-refractivity contribution >= 4 is 11.8 Å². The molecule has 35 heavy (non-hydrogen) atoms. The lowest BCUT2D eigenvalue weighted by Gasteiger charge is -2.38. The van der Waals surface area contributed by atoms with Gasteiger partial charge in [-0.3, -0.25) is 14.5 Å². The first-order valence-electron chi connectivity index (χ1n) is 12.3. The second-order valence-electron chi connectivity index (χ2n) is 9.87. The lowest BCUT2D eigenvalue weighted by atomic mass is 10.00. The average Bonchev–Trinajstić information content (AvgIpc) is 2.90. The number of nitrogens with zero attached hydrogens (tertiary/aromatic N) is 3. The molecule has 0 bridgehead atoms. The van der Waals surface area contributed by atoms with Crippen molar-refractivity contribution in [1.29, 1.82) is 0 Å². The van der Waals surface area contributed by atoms with Crippen LogP contribution in [-0.4, -0.2) is 89.2 Å². The highest BCUT2D eigenvalue weighted by molar-refractivity contribution is 5.97. The summed E-state index contributed by atoms with van der Waals surface area (Å²) in [4.78, 5) is 30.4. The zero-order valence-electron chi connectivity index (χ0n) is 20.4. The summed E-state index contributed by atoms with van der Waals surface area (Å²) in [5.74, 6) is 1.01. The van der Waals surface area contributed by atoms with Crippen LogP contribution < -0.4 is 9.47 Å². The standard InChI is InChI=1S/C27H33N3O5/c1-18-12-30(15-22(32)14-28-10-9-20-5-3-4-6-21(20)13-28)27(33)25-8-7-23(11-26(25)34-18)35-24-16-29(17-24)19(2)31/h3-8,11,18,22,24,32H,9-10,12-17H2,1-2H3/t18-,22-/m1/s1. The van der Waals surface area contributed by atoms with E-state index in [1.807, 2.05) is 6.92 Å². The Morgan fingerprint density at radius 1 is 1.14 bits per heavy atom. The van der Waals surface area contributed by atoms with Crippen molar-refractivity contribution in [2.45, 2.75) is 45.1 Å². The zero-order valence-corrected chi connectivity index (χ0v) is 20.4. The zero-order chi connectivity index (χ0) is 24.5. The van der Waals surface area contributed by atoms with Crippen LogP contribution in [-0.2, 0) is 17.8 Å². The van der Waals surface area contributed by atoms with Gasteiger partial charge in [-0.25, -0.2) is 0 Å². The van der Waals surface area contributed by atoms with Gasteiger partial charge in [-0.05, 0) is 36.6 Å². The van der Waals surface area contributed by atoms with Crippen LogP contribution in [0.15, 0.2) is 42.5 Å². The van der Waals surface area contributed by atoms with Crippen molar-refractivity contribution in [1.82, 2.24) is 14.7 Å². The maximum absolute atomic E-state index is 13.3. The van der Waals surface area contributed by atoms with Gasteiger partial charge in [0.15, 0.2) is 0 Å². The highest BCUT2D eigenvalue weighted by Crippen LogP contribution is 2.31. The van der Waals surface area contributed by atoms with E-state index in [9.17, 15) is 14.7 Å². The Morgan fingerprint density at radius 3 is 2.69 bits per heavy atom. The molecule has 0 unspecified atom stereocenters. The number of hydrogen-bond acceptors (Lipinski definition) is 6. The van der Waals surface area contributed by atoms with Crippen molar-refractivity contribution in [2.75, 3.05) is 39.3 Å². The monoisotopic (exact) mass is 479 g/mol. The maximum Gasteiger partial charge on any atom is 0.257 e. The highest BCUT2D eigenvalue weighted by Gasteiger charge is 2.32. The number of ether oxygens (including phenoxy) is 2. The van der Waals surface area contributed by atoms with Gasteiger partial charge in [0.05, 0.1) is 31.3 Å². The molecule has 2 aromatic rings. The van der Waals surface area contributed by atoms with Gasteiger partial charge in [-0.1, -0.05) is 24.3 Å². The van der Waals surface area contributed by atoms with Crippen molar-refractivity contribution < 1.29 is 24.2 Å². The van der Waals surface area contributed by atoms with Crippen molar-refractivity contribution in [3.63, 3.8) is 0 Å². The van der Waals surface area contributed by atoms with Crippen LogP contribution in [0, 0.1) is 0 Å². The van der Waals surface area contributed by atoms with Gasteiger partial charge in [0.1, 0.15) is 23.7 Å². The van der Waals surface area contributed by atoms with Crippen LogP contribution in [0.5, 0.6) is 11.5 Å². The summed E-state index contributed by atoms with van der Waals surface area (Å²) in [6, 6.07) is 13.7. The molecule has 1 saturated heterocycles. The molecule has 1 fully saturated rings. The molecule has 5 rings (SSSR count). The van der Waals surface area contributed by atoms with Crippen LogP contribution in [0.4, 0.5) is 0 Å². The summed E-state index contributed by atoms with van der Waals surface area (Å²) in [5.41, 5.74) is 3.15. The number of carbonyl (C=O) groups is 2. The second-order valence-corrected chi connectivity index (χ2v) is 9.87. The van der Waals surface area contributed by atoms with E-state index in [0.29, 0.717) is 43.2 Å². The van der Waals surface area contributed by atoms with E-state index < -0.39 is 6.10 Å². The van der Waals surface area contributed by atoms with Gasteiger partial charge in [0.2, 0.25) is 5.91 Å². The second kappa shape index (κ2) is 9.87. The molecule has 3 heterocycles. The topological polar surface area (TPSA) is 82.6 Å². The van der Waals surface area contributed by atoms with E-state index in [1.165, 1.54) is 11.1 Å². The summed E-state index contributed by atoms with van der Waals surface area (Å²) >= 11 is 0. The molecule has 2 aromatic carbocycles. The average molecular weight is 480 g/mol. The third kappa shape index (κ3) is 5.28. The molecule has 2 atom stereocenters. The molecular formula is C27H33N3O5. The predicted molar refractivity (Wildman–Crippen MR) is 131 cm³/mol. The third-order valence-electron chi connectivity index (χ3n) is 6.98. The van der Waals surface area contributed by atoms with Crippen LogP contribution in [0.3, 0.4) is 0 Å². The SMILES string of the molecule is CC(=O)N1CC(Oc2ccc3c(c2)O[C@H](C)CN(C[C@H](O)CN2CCc4ccccc4C2)C3=O)C1. The van der Waals surface area contributed by atoms with Crippen LogP contribution >= 0.6 is 0 Å². The highest BCUT2D eigenvalue weighted by atomic mass is 16.5. The van der Waals surface area contributed by atoms with Crippen LogP contribution in [0.2, 0.25) is 0 Å². The molecule has 186 valence electrons. The Morgan fingerprint density at radius 2 is 1.91 bits per heavy atom. The smallest absolute Gasteiger partial charge is 0.257 e. The van der Waals surface area contributed by atoms with Gasteiger partial charge in [0.25, 0.3) is 5.91 Å². The molecule has 0 saturated carbocycles. The number of aliphatic hydroxyl groups excluding tert-OH is 1. The summed E-state index contributed by atoms with van der Waals surface area (Å²) in [6.45, 7) is 7.50. The number of carbonyl (C=O) groups excluding carboxylic acids is 2. The van der Waals surface area contributed by atoms with Crippen molar-refractivity contribution in [3.05, 3.63) is 59.2 Å². The van der Waals surface area contributed by atoms with Crippen molar-refractivity contribution in [2.24, 2.45) is 0 Å². The summed E-state index contributed by atoms with van der Waals surface area (Å²) in [7, 11) is 0. The molecule has 3 aliphatic heterocycles. The van der Waals surface area contributed by atoms with E-state index >= 15 is 0 Å². The summed E-state index contributed by atoms with van der Waals surface area (Å²) in [6.07, 6.45) is 0.0519. The molecule has 3 aliphatic rings. The van der Waals surface area contributed by atoms with E-state index in [-0.39, 0.29) is 30.6 Å². The lowest BCUT2D eigenvalue weighted by molar-refractivity contribution is -0.137. The molecule has 8 heteroatoms. The number of rotatable bonds is 6. The number of aliphatic hydroxyl groups is 1. The molecule has 0 aliphatic carbocycles. The normalized spacial score (nSPS) is 21.3. The molecule has 0 spiro atoms. The molecule has 1 N–H and O–H groups in total.